The molecule has 1 aliphatic heterocycles. The lowest BCUT2D eigenvalue weighted by Gasteiger charge is -2.37. The minimum Gasteiger partial charge on any atom is -0.453 e. The van der Waals surface area contributed by atoms with Crippen LogP contribution in [0.5, 0.6) is 0 Å². The molecule has 2 aliphatic rings. The number of thiophene rings is 1. The van der Waals surface area contributed by atoms with Crippen molar-refractivity contribution >= 4 is 23.5 Å². The summed E-state index contributed by atoms with van der Waals surface area (Å²) in [6, 6.07) is 4.33. The van der Waals surface area contributed by atoms with Gasteiger partial charge in [0, 0.05) is 43.0 Å². The minimum atomic E-state index is -0.457. The van der Waals surface area contributed by atoms with Gasteiger partial charge in [0.25, 0.3) is 0 Å². The van der Waals surface area contributed by atoms with Crippen LogP contribution < -0.4 is 16.0 Å². The molecule has 0 aromatic carbocycles. The maximum Gasteiger partial charge on any atom is 0.406 e. The van der Waals surface area contributed by atoms with Crippen molar-refractivity contribution in [3.05, 3.63) is 22.4 Å². The Labute approximate surface area is 208 Å². The number of carbonyl (C=O) groups is 2. The van der Waals surface area contributed by atoms with E-state index in [0.717, 1.165) is 43.1 Å². The third-order valence-electron chi connectivity index (χ3n) is 6.97. The van der Waals surface area contributed by atoms with Crippen LogP contribution in [0, 0.1) is 11.8 Å². The summed E-state index contributed by atoms with van der Waals surface area (Å²) in [5.41, 5.74) is 0. The van der Waals surface area contributed by atoms with E-state index in [2.05, 4.69) is 32.1 Å². The van der Waals surface area contributed by atoms with Crippen LogP contribution in [-0.2, 0) is 9.47 Å². The molecule has 34 heavy (non-hydrogen) atoms. The third-order valence-corrected chi connectivity index (χ3v) is 7.91. The molecule has 2 heterocycles. The molecule has 0 bridgehead atoms. The number of rotatable bonds is 11. The average Bonchev–Trinajstić information content (AvgIpc) is 3.39. The molecule has 2 fully saturated rings. The van der Waals surface area contributed by atoms with Crippen LogP contribution >= 0.6 is 11.3 Å². The Balaban J connectivity index is 1.55. The van der Waals surface area contributed by atoms with Gasteiger partial charge in [0.05, 0.1) is 19.8 Å². The number of methoxy groups -OCH3 is 1. The molecule has 1 aliphatic carbocycles. The number of urea groups is 1. The first-order chi connectivity index (χ1) is 16.6. The molecule has 1 saturated carbocycles. The summed E-state index contributed by atoms with van der Waals surface area (Å²) < 4.78 is 10.9. The highest BCUT2D eigenvalue weighted by atomic mass is 32.1. The fourth-order valence-corrected chi connectivity index (χ4v) is 6.15. The highest BCUT2D eigenvalue weighted by Crippen LogP contribution is 2.35. The molecular weight excluding hydrogens is 452 g/mol. The van der Waals surface area contributed by atoms with Crippen molar-refractivity contribution in [1.29, 1.82) is 0 Å². The van der Waals surface area contributed by atoms with Crippen LogP contribution in [-0.4, -0.2) is 70.0 Å². The van der Waals surface area contributed by atoms with Gasteiger partial charge in [-0.2, -0.15) is 0 Å². The van der Waals surface area contributed by atoms with Gasteiger partial charge >= 0.3 is 12.1 Å². The summed E-state index contributed by atoms with van der Waals surface area (Å²) in [5, 5.41) is 11.3. The third kappa shape index (κ3) is 8.43. The van der Waals surface area contributed by atoms with Crippen molar-refractivity contribution < 1.29 is 19.1 Å². The van der Waals surface area contributed by atoms with Crippen LogP contribution in [0.4, 0.5) is 9.59 Å². The van der Waals surface area contributed by atoms with Gasteiger partial charge in [-0.05, 0) is 43.7 Å². The van der Waals surface area contributed by atoms with Crippen molar-refractivity contribution in [2.24, 2.45) is 11.8 Å². The largest absolute Gasteiger partial charge is 0.453 e. The summed E-state index contributed by atoms with van der Waals surface area (Å²) >= 11 is 1.68. The number of likely N-dealkylation sites (N-methyl/N-ethyl adjacent to an activating group) is 1. The summed E-state index contributed by atoms with van der Waals surface area (Å²) in [5.74, 6) is 0.939. The van der Waals surface area contributed by atoms with Crippen molar-refractivity contribution in [2.45, 2.75) is 63.5 Å². The molecular formula is C25H42N4O4S. The maximum absolute atomic E-state index is 13.2. The van der Waals surface area contributed by atoms with Gasteiger partial charge in [0.15, 0.2) is 0 Å². The Morgan fingerprint density at radius 1 is 1.21 bits per heavy atom. The van der Waals surface area contributed by atoms with E-state index < -0.39 is 6.09 Å². The summed E-state index contributed by atoms with van der Waals surface area (Å²) in [4.78, 5) is 27.7. The number of carbonyl (C=O) groups excluding carboxylic acids is 2. The molecule has 3 amide bonds. The van der Waals surface area contributed by atoms with E-state index in [1.807, 2.05) is 18.0 Å². The molecule has 8 nitrogen and oxygen atoms in total. The predicted molar refractivity (Wildman–Crippen MR) is 135 cm³/mol. The van der Waals surface area contributed by atoms with Crippen LogP contribution in [0.15, 0.2) is 17.5 Å². The first kappa shape index (κ1) is 26.8. The molecule has 1 unspecified atom stereocenters. The zero-order chi connectivity index (χ0) is 24.2. The summed E-state index contributed by atoms with van der Waals surface area (Å²) in [6.07, 6.45) is 9.03. The zero-order valence-corrected chi connectivity index (χ0v) is 21.5. The monoisotopic (exact) mass is 494 g/mol. The standard InChI is InChI=1S/C25H42N4O4S/c1-26-17-21(16-19-8-4-3-5-9-19)28-24(30)29-13-6-10-20(18-29)23(22-11-7-15-34-22)33-14-12-27-25(31)32-2/h7,11,15,19-21,23,26H,3-6,8-10,12-14,16-18H2,1-2H3,(H,27,31)(H,28,30)/t20-,21+,23?/m1/s1. The van der Waals surface area contributed by atoms with Crippen molar-refractivity contribution in [3.8, 4) is 0 Å². The van der Waals surface area contributed by atoms with Gasteiger partial charge in [0.2, 0.25) is 0 Å². The first-order valence-electron chi connectivity index (χ1n) is 12.8. The lowest BCUT2D eigenvalue weighted by atomic mass is 9.85. The lowest BCUT2D eigenvalue weighted by Crippen LogP contribution is -2.52. The fourth-order valence-electron chi connectivity index (χ4n) is 5.29. The molecule has 9 heteroatoms. The van der Waals surface area contributed by atoms with Crippen LogP contribution in [0.1, 0.15) is 62.3 Å². The van der Waals surface area contributed by atoms with Crippen molar-refractivity contribution in [2.75, 3.05) is 46.9 Å². The molecule has 3 rings (SSSR count). The fraction of sp³-hybridized carbons (Fsp3) is 0.760. The SMILES string of the molecule is CNC[C@H](CC1CCCCC1)NC(=O)N1CCC[C@@H](C(OCCNC(=O)OC)c2cccs2)C1. The Hall–Kier alpha value is -1.84. The summed E-state index contributed by atoms with van der Waals surface area (Å²) in [6.45, 7) is 3.03. The molecule has 0 spiro atoms. The van der Waals surface area contributed by atoms with E-state index in [4.69, 9.17) is 4.74 Å². The molecule has 0 radical (unpaired) electrons. The van der Waals surface area contributed by atoms with Crippen molar-refractivity contribution in [3.63, 3.8) is 0 Å². The predicted octanol–water partition coefficient (Wildman–Crippen LogP) is 4.14. The minimum absolute atomic E-state index is 0.0399. The molecule has 192 valence electrons. The number of likely N-dealkylation sites (tertiary alicyclic amines) is 1. The smallest absolute Gasteiger partial charge is 0.406 e. The molecule has 3 atom stereocenters. The van der Waals surface area contributed by atoms with Gasteiger partial charge < -0.3 is 30.3 Å². The topological polar surface area (TPSA) is 91.9 Å². The van der Waals surface area contributed by atoms with E-state index in [1.54, 1.807) is 11.3 Å². The first-order valence-corrected chi connectivity index (χ1v) is 13.7. The second-order valence-electron chi connectivity index (χ2n) is 9.52. The van der Waals surface area contributed by atoms with Crippen LogP contribution in [0.3, 0.4) is 0 Å². The Morgan fingerprint density at radius 2 is 2.03 bits per heavy atom. The number of amides is 3. The molecule has 3 N–H and O–H groups in total. The number of ether oxygens (including phenoxy) is 2. The van der Waals surface area contributed by atoms with Crippen molar-refractivity contribution in [1.82, 2.24) is 20.9 Å². The Kier molecular flexibility index (Phi) is 11.4. The number of nitrogens with zero attached hydrogens (tertiary/aromatic N) is 1. The number of alkyl carbamates (subject to hydrolysis) is 1. The Morgan fingerprint density at radius 3 is 2.74 bits per heavy atom. The quantitative estimate of drug-likeness (QED) is 0.402. The van der Waals surface area contributed by atoms with Crippen LogP contribution in [0.25, 0.3) is 0 Å². The normalized spacial score (nSPS) is 21.0. The summed E-state index contributed by atoms with van der Waals surface area (Å²) in [7, 11) is 3.30. The van der Waals surface area contributed by atoms with E-state index in [9.17, 15) is 9.59 Å². The number of nitrogens with one attached hydrogen (secondary N) is 3. The highest BCUT2D eigenvalue weighted by molar-refractivity contribution is 7.10. The highest BCUT2D eigenvalue weighted by Gasteiger charge is 2.32. The second-order valence-corrected chi connectivity index (χ2v) is 10.5. The molecule has 1 aromatic rings. The zero-order valence-electron chi connectivity index (χ0n) is 20.7. The molecule has 1 aromatic heterocycles. The number of hydrogen-bond acceptors (Lipinski definition) is 6. The van der Waals surface area contributed by atoms with E-state index >= 15 is 0 Å². The number of hydrogen-bond donors (Lipinski definition) is 3. The van der Waals surface area contributed by atoms with Gasteiger partial charge in [-0.15, -0.1) is 11.3 Å². The van der Waals surface area contributed by atoms with Gasteiger partial charge in [-0.25, -0.2) is 9.59 Å². The molecule has 1 saturated heterocycles. The van der Waals surface area contributed by atoms with E-state index in [-0.39, 0.29) is 24.1 Å². The average molecular weight is 495 g/mol. The lowest BCUT2D eigenvalue weighted by molar-refractivity contribution is -0.00651. The van der Waals surface area contributed by atoms with E-state index in [1.165, 1.54) is 39.2 Å². The Bertz CT molecular complexity index is 727. The van der Waals surface area contributed by atoms with Crippen LogP contribution in [0.2, 0.25) is 0 Å². The van der Waals surface area contributed by atoms with Gasteiger partial charge in [-0.3, -0.25) is 0 Å². The van der Waals surface area contributed by atoms with Gasteiger partial charge in [0.1, 0.15) is 0 Å². The maximum atomic E-state index is 13.2. The van der Waals surface area contributed by atoms with E-state index in [0.29, 0.717) is 19.7 Å². The van der Waals surface area contributed by atoms with Gasteiger partial charge in [-0.1, -0.05) is 38.2 Å². The second kappa shape index (κ2) is 14.5. The number of piperidine rings is 1.